The summed E-state index contributed by atoms with van der Waals surface area (Å²) in [6, 6.07) is 0.645. The van der Waals surface area contributed by atoms with Gasteiger partial charge in [0.05, 0.1) is 16.4 Å². The highest BCUT2D eigenvalue weighted by atomic mass is 79.9. The van der Waals surface area contributed by atoms with E-state index in [0.717, 1.165) is 35.6 Å². The second kappa shape index (κ2) is 6.40. The maximum absolute atomic E-state index is 6.46. The second-order valence-corrected chi connectivity index (χ2v) is 5.82. The van der Waals surface area contributed by atoms with Crippen molar-refractivity contribution in [3.05, 3.63) is 16.4 Å². The summed E-state index contributed by atoms with van der Waals surface area (Å²) in [4.78, 5) is 2.52. The van der Waals surface area contributed by atoms with E-state index in [9.17, 15) is 0 Å². The largest absolute Gasteiger partial charge is 0.294 e. The zero-order chi connectivity index (χ0) is 13.1. The summed E-state index contributed by atoms with van der Waals surface area (Å²) in [6.07, 6.45) is 3.47. The molecule has 2 rings (SSSR count). The van der Waals surface area contributed by atoms with Crippen molar-refractivity contribution in [3.8, 4) is 0 Å². The van der Waals surface area contributed by atoms with Gasteiger partial charge in [-0.25, -0.2) is 0 Å². The number of hydrogen-bond acceptors (Lipinski definition) is 2. The second-order valence-electron chi connectivity index (χ2n) is 4.80. The molecule has 1 unspecified atom stereocenters. The fourth-order valence-corrected chi connectivity index (χ4v) is 3.70. The summed E-state index contributed by atoms with van der Waals surface area (Å²) in [5.74, 6) is 0. The number of hydrogen-bond donors (Lipinski definition) is 0. The molecule has 0 aliphatic carbocycles. The van der Waals surface area contributed by atoms with Crippen molar-refractivity contribution in [1.29, 1.82) is 0 Å². The average molecular weight is 335 g/mol. The molecule has 102 valence electrons. The van der Waals surface area contributed by atoms with Crippen LogP contribution >= 0.6 is 27.5 Å². The van der Waals surface area contributed by atoms with Gasteiger partial charge in [-0.2, -0.15) is 5.10 Å². The van der Waals surface area contributed by atoms with Crippen molar-refractivity contribution >= 4 is 27.5 Å². The van der Waals surface area contributed by atoms with E-state index in [1.54, 1.807) is 0 Å². The van der Waals surface area contributed by atoms with Gasteiger partial charge in [-0.3, -0.25) is 9.58 Å². The Morgan fingerprint density at radius 3 is 2.83 bits per heavy atom. The van der Waals surface area contributed by atoms with Crippen molar-refractivity contribution in [2.75, 3.05) is 11.9 Å². The number of rotatable bonds is 5. The molecule has 1 aliphatic rings. The van der Waals surface area contributed by atoms with Gasteiger partial charge in [0.15, 0.2) is 0 Å². The Morgan fingerprint density at radius 1 is 1.44 bits per heavy atom. The van der Waals surface area contributed by atoms with E-state index in [4.69, 9.17) is 11.6 Å². The van der Waals surface area contributed by atoms with Crippen molar-refractivity contribution in [2.45, 2.75) is 52.2 Å². The minimum Gasteiger partial charge on any atom is -0.294 e. The van der Waals surface area contributed by atoms with Crippen LogP contribution in [0.4, 0.5) is 0 Å². The Hall–Kier alpha value is -0.0600. The molecule has 0 radical (unpaired) electrons. The quantitative estimate of drug-likeness (QED) is 0.769. The number of likely N-dealkylation sites (tertiary alicyclic amines) is 1. The number of aromatic nitrogens is 2. The molecule has 1 fully saturated rings. The predicted octanol–water partition coefficient (Wildman–Crippen LogP) is 3.48. The molecule has 18 heavy (non-hydrogen) atoms. The molecule has 2 heterocycles. The van der Waals surface area contributed by atoms with Gasteiger partial charge in [0.2, 0.25) is 0 Å². The van der Waals surface area contributed by atoms with Gasteiger partial charge < -0.3 is 0 Å². The van der Waals surface area contributed by atoms with Gasteiger partial charge in [-0.15, -0.1) is 0 Å². The van der Waals surface area contributed by atoms with Crippen LogP contribution in [-0.2, 0) is 19.5 Å². The molecule has 1 saturated heterocycles. The molecule has 0 amide bonds. The summed E-state index contributed by atoms with van der Waals surface area (Å²) in [5, 5.41) is 6.51. The fraction of sp³-hybridized carbons (Fsp3) is 0.769. The highest BCUT2D eigenvalue weighted by molar-refractivity contribution is 9.09. The normalized spacial score (nSPS) is 20.8. The lowest BCUT2D eigenvalue weighted by Crippen LogP contribution is -2.31. The maximum atomic E-state index is 6.46. The van der Waals surface area contributed by atoms with Gasteiger partial charge >= 0.3 is 0 Å². The maximum Gasteiger partial charge on any atom is 0.0863 e. The van der Waals surface area contributed by atoms with Crippen molar-refractivity contribution in [1.82, 2.24) is 14.7 Å². The molecule has 0 spiro atoms. The highest BCUT2D eigenvalue weighted by Crippen LogP contribution is 2.27. The topological polar surface area (TPSA) is 21.1 Å². The van der Waals surface area contributed by atoms with Gasteiger partial charge in [0.1, 0.15) is 0 Å². The van der Waals surface area contributed by atoms with Crippen LogP contribution in [0.1, 0.15) is 38.1 Å². The van der Waals surface area contributed by atoms with Gasteiger partial charge in [-0.1, -0.05) is 34.5 Å². The van der Waals surface area contributed by atoms with Crippen molar-refractivity contribution in [2.24, 2.45) is 0 Å². The molecule has 0 bridgehead atoms. The van der Waals surface area contributed by atoms with E-state index < -0.39 is 0 Å². The Labute approximate surface area is 123 Å². The van der Waals surface area contributed by atoms with Crippen LogP contribution in [0.5, 0.6) is 0 Å². The predicted molar refractivity (Wildman–Crippen MR) is 79.5 cm³/mol. The van der Waals surface area contributed by atoms with Crippen LogP contribution in [0.15, 0.2) is 0 Å². The standard InChI is InChI=1S/C13H21BrClN3/c1-3-11-13(15)12(18(4-2)16-11)9-17-7-5-6-10(17)8-14/h10H,3-9H2,1-2H3. The van der Waals surface area contributed by atoms with Crippen LogP contribution in [-0.4, -0.2) is 32.6 Å². The molecule has 1 aliphatic heterocycles. The zero-order valence-corrected chi connectivity index (χ0v) is 13.5. The van der Waals surface area contributed by atoms with E-state index in [1.165, 1.54) is 25.1 Å². The minimum atomic E-state index is 0.645. The Morgan fingerprint density at radius 2 is 2.22 bits per heavy atom. The summed E-state index contributed by atoms with van der Waals surface area (Å²) in [7, 11) is 0. The summed E-state index contributed by atoms with van der Waals surface area (Å²) < 4.78 is 2.06. The lowest BCUT2D eigenvalue weighted by atomic mass is 10.2. The lowest BCUT2D eigenvalue weighted by Gasteiger charge is -2.23. The van der Waals surface area contributed by atoms with Gasteiger partial charge in [-0.05, 0) is 32.7 Å². The molecular formula is C13H21BrClN3. The van der Waals surface area contributed by atoms with E-state index in [-0.39, 0.29) is 0 Å². The van der Waals surface area contributed by atoms with Gasteiger partial charge in [0.25, 0.3) is 0 Å². The third-order valence-electron chi connectivity index (χ3n) is 3.72. The number of nitrogens with zero attached hydrogens (tertiary/aromatic N) is 3. The van der Waals surface area contributed by atoms with Crippen LogP contribution in [0.2, 0.25) is 5.02 Å². The summed E-state index contributed by atoms with van der Waals surface area (Å²) >= 11 is 10.1. The molecule has 1 aromatic heterocycles. The Balaban J connectivity index is 2.19. The first-order valence-electron chi connectivity index (χ1n) is 6.75. The lowest BCUT2D eigenvalue weighted by molar-refractivity contribution is 0.256. The smallest absolute Gasteiger partial charge is 0.0863 e. The molecule has 0 saturated carbocycles. The molecular weight excluding hydrogens is 314 g/mol. The van der Waals surface area contributed by atoms with E-state index >= 15 is 0 Å². The zero-order valence-electron chi connectivity index (χ0n) is 11.1. The number of aryl methyl sites for hydroxylation is 2. The molecule has 0 N–H and O–H groups in total. The van der Waals surface area contributed by atoms with E-state index in [1.807, 2.05) is 0 Å². The van der Waals surface area contributed by atoms with Crippen molar-refractivity contribution < 1.29 is 0 Å². The summed E-state index contributed by atoms with van der Waals surface area (Å²) in [6.45, 7) is 7.22. The van der Waals surface area contributed by atoms with Crippen LogP contribution in [0.25, 0.3) is 0 Å². The summed E-state index contributed by atoms with van der Waals surface area (Å²) in [5.41, 5.74) is 2.21. The van der Waals surface area contributed by atoms with E-state index in [0.29, 0.717) is 6.04 Å². The Bertz CT molecular complexity index is 405. The SMILES string of the molecule is CCc1nn(CC)c(CN2CCCC2CBr)c1Cl. The number of halogens is 2. The highest BCUT2D eigenvalue weighted by Gasteiger charge is 2.26. The first-order valence-corrected chi connectivity index (χ1v) is 8.25. The number of alkyl halides is 1. The van der Waals surface area contributed by atoms with Crippen LogP contribution < -0.4 is 0 Å². The van der Waals surface area contributed by atoms with Gasteiger partial charge in [0, 0.05) is 24.5 Å². The fourth-order valence-electron chi connectivity index (χ4n) is 2.64. The first-order chi connectivity index (χ1) is 8.71. The third kappa shape index (κ3) is 2.75. The molecule has 0 aromatic carbocycles. The monoisotopic (exact) mass is 333 g/mol. The first kappa shape index (κ1) is 14.4. The van der Waals surface area contributed by atoms with Crippen LogP contribution in [0.3, 0.4) is 0 Å². The molecule has 3 nitrogen and oxygen atoms in total. The minimum absolute atomic E-state index is 0.645. The third-order valence-corrected chi connectivity index (χ3v) is 4.91. The van der Waals surface area contributed by atoms with E-state index in [2.05, 4.69) is 44.5 Å². The molecule has 1 atom stereocenters. The molecule has 5 heteroatoms. The average Bonchev–Trinajstić information content (AvgIpc) is 2.95. The van der Waals surface area contributed by atoms with Crippen LogP contribution in [0, 0.1) is 0 Å². The Kier molecular flexibility index (Phi) is 5.10. The molecule has 1 aromatic rings. The van der Waals surface area contributed by atoms with Crippen molar-refractivity contribution in [3.63, 3.8) is 0 Å².